The summed E-state index contributed by atoms with van der Waals surface area (Å²) in [6.07, 6.45) is 0. The Hall–Kier alpha value is -3.93. The normalized spacial score (nSPS) is 16.2. The zero-order valence-corrected chi connectivity index (χ0v) is 17.8. The van der Waals surface area contributed by atoms with Crippen molar-refractivity contribution in [2.45, 2.75) is 19.4 Å². The molecule has 32 heavy (non-hydrogen) atoms. The van der Waals surface area contributed by atoms with E-state index >= 15 is 0 Å². The molecule has 3 aromatic rings. The maximum absolute atomic E-state index is 13.0. The number of esters is 1. The van der Waals surface area contributed by atoms with Gasteiger partial charge in [0.2, 0.25) is 12.6 Å². The number of hydrogen-bond donors (Lipinski definition) is 0. The van der Waals surface area contributed by atoms with Crippen LogP contribution in [0, 0.1) is 0 Å². The molecular formula is C26H22O6. The molecule has 0 saturated heterocycles. The van der Waals surface area contributed by atoms with Gasteiger partial charge in [0.25, 0.3) is 0 Å². The molecule has 0 aromatic heterocycles. The predicted molar refractivity (Wildman–Crippen MR) is 117 cm³/mol. The van der Waals surface area contributed by atoms with Crippen LogP contribution in [0.5, 0.6) is 23.0 Å². The van der Waals surface area contributed by atoms with Gasteiger partial charge in [-0.1, -0.05) is 42.5 Å². The Morgan fingerprint density at radius 3 is 2.41 bits per heavy atom. The highest BCUT2D eigenvalue weighted by Gasteiger charge is 2.34. The SMILES string of the molecule is COc1ccc([C@@H]2C(C)=C(C(=O)OCc3ccccc3)Oc3cc4c(cc32)OCO4)cc1. The van der Waals surface area contributed by atoms with E-state index in [1.807, 2.05) is 67.6 Å². The highest BCUT2D eigenvalue weighted by molar-refractivity contribution is 5.89. The number of fused-ring (bicyclic) bond motifs is 2. The molecule has 2 aliphatic heterocycles. The molecule has 0 spiro atoms. The highest BCUT2D eigenvalue weighted by Crippen LogP contribution is 2.48. The van der Waals surface area contributed by atoms with Crippen LogP contribution in [-0.4, -0.2) is 19.9 Å². The van der Waals surface area contributed by atoms with Gasteiger partial charge in [0.1, 0.15) is 18.1 Å². The second-order valence-corrected chi connectivity index (χ2v) is 7.63. The van der Waals surface area contributed by atoms with Crippen molar-refractivity contribution in [3.05, 3.63) is 94.8 Å². The Morgan fingerprint density at radius 2 is 1.69 bits per heavy atom. The summed E-state index contributed by atoms with van der Waals surface area (Å²) in [5.41, 5.74) is 3.57. The summed E-state index contributed by atoms with van der Waals surface area (Å²) in [6, 6.07) is 21.0. The lowest BCUT2D eigenvalue weighted by molar-refractivity contribution is -0.143. The summed E-state index contributed by atoms with van der Waals surface area (Å²) < 4.78 is 28.0. The van der Waals surface area contributed by atoms with E-state index in [2.05, 4.69) is 0 Å². The van der Waals surface area contributed by atoms with Crippen molar-refractivity contribution in [2.24, 2.45) is 0 Å². The third kappa shape index (κ3) is 3.64. The van der Waals surface area contributed by atoms with Gasteiger partial charge in [0, 0.05) is 17.5 Å². The fraction of sp³-hybridized carbons (Fsp3) is 0.192. The first-order chi connectivity index (χ1) is 15.6. The quantitative estimate of drug-likeness (QED) is 0.533. The average molecular weight is 430 g/mol. The van der Waals surface area contributed by atoms with E-state index in [-0.39, 0.29) is 25.1 Å². The summed E-state index contributed by atoms with van der Waals surface area (Å²) in [5, 5.41) is 0. The van der Waals surface area contributed by atoms with Crippen molar-refractivity contribution in [2.75, 3.05) is 13.9 Å². The van der Waals surface area contributed by atoms with Gasteiger partial charge in [-0.3, -0.25) is 0 Å². The molecule has 2 aliphatic rings. The van der Waals surface area contributed by atoms with Crippen LogP contribution in [0.1, 0.15) is 29.5 Å². The molecule has 0 amide bonds. The van der Waals surface area contributed by atoms with Crippen molar-refractivity contribution in [1.82, 2.24) is 0 Å². The number of carbonyl (C=O) groups excluding carboxylic acids is 1. The second-order valence-electron chi connectivity index (χ2n) is 7.63. The van der Waals surface area contributed by atoms with E-state index < -0.39 is 5.97 Å². The second kappa shape index (κ2) is 8.30. The topological polar surface area (TPSA) is 63.2 Å². The van der Waals surface area contributed by atoms with Crippen molar-refractivity contribution in [3.8, 4) is 23.0 Å². The lowest BCUT2D eigenvalue weighted by atomic mass is 9.82. The molecule has 162 valence electrons. The first kappa shape index (κ1) is 20.0. The van der Waals surface area contributed by atoms with Crippen molar-refractivity contribution < 1.29 is 28.5 Å². The van der Waals surface area contributed by atoms with Crippen LogP contribution in [0.15, 0.2) is 78.1 Å². The summed E-state index contributed by atoms with van der Waals surface area (Å²) in [5.74, 6) is 2.03. The fourth-order valence-electron chi connectivity index (χ4n) is 4.03. The number of allylic oxidation sites excluding steroid dienone is 1. The number of benzene rings is 3. The van der Waals surface area contributed by atoms with Crippen LogP contribution >= 0.6 is 0 Å². The number of hydrogen-bond acceptors (Lipinski definition) is 6. The molecule has 0 saturated carbocycles. The Kier molecular flexibility index (Phi) is 5.19. The van der Waals surface area contributed by atoms with Gasteiger partial charge in [-0.05, 0) is 41.8 Å². The summed E-state index contributed by atoms with van der Waals surface area (Å²) in [4.78, 5) is 13.0. The van der Waals surface area contributed by atoms with Crippen LogP contribution in [0.2, 0.25) is 0 Å². The molecule has 0 aliphatic carbocycles. The third-order valence-electron chi connectivity index (χ3n) is 5.67. The zero-order chi connectivity index (χ0) is 22.1. The maximum atomic E-state index is 13.0. The molecule has 5 rings (SSSR count). The minimum atomic E-state index is -0.506. The van der Waals surface area contributed by atoms with Crippen LogP contribution in [0.4, 0.5) is 0 Å². The molecule has 0 N–H and O–H groups in total. The monoisotopic (exact) mass is 430 g/mol. The van der Waals surface area contributed by atoms with E-state index in [0.29, 0.717) is 17.2 Å². The maximum Gasteiger partial charge on any atom is 0.374 e. The van der Waals surface area contributed by atoms with Crippen LogP contribution in [-0.2, 0) is 16.1 Å². The standard InChI is InChI=1S/C26H22O6/c1-16-24(18-8-10-19(28-2)11-9-18)20-12-22-23(31-15-30-22)13-21(20)32-25(16)26(27)29-14-17-6-4-3-5-7-17/h3-13,24H,14-15H2,1-2H3/t24-/m0/s1. The van der Waals surface area contributed by atoms with Crippen molar-refractivity contribution >= 4 is 5.97 Å². The van der Waals surface area contributed by atoms with E-state index in [1.165, 1.54) is 0 Å². The molecular weight excluding hydrogens is 408 g/mol. The molecule has 2 heterocycles. The smallest absolute Gasteiger partial charge is 0.374 e. The first-order valence-electron chi connectivity index (χ1n) is 10.3. The molecule has 0 unspecified atom stereocenters. The largest absolute Gasteiger partial charge is 0.497 e. The minimum Gasteiger partial charge on any atom is -0.497 e. The lowest BCUT2D eigenvalue weighted by Crippen LogP contribution is -2.22. The van der Waals surface area contributed by atoms with E-state index in [4.69, 9.17) is 23.7 Å². The van der Waals surface area contributed by atoms with Gasteiger partial charge in [-0.25, -0.2) is 4.79 Å². The Morgan fingerprint density at radius 1 is 0.969 bits per heavy atom. The van der Waals surface area contributed by atoms with Crippen LogP contribution in [0.25, 0.3) is 0 Å². The van der Waals surface area contributed by atoms with Gasteiger partial charge in [-0.2, -0.15) is 0 Å². The molecule has 6 heteroatoms. The predicted octanol–water partition coefficient (Wildman–Crippen LogP) is 4.97. The van der Waals surface area contributed by atoms with Crippen LogP contribution < -0.4 is 18.9 Å². The summed E-state index contributed by atoms with van der Waals surface area (Å²) >= 11 is 0. The summed E-state index contributed by atoms with van der Waals surface area (Å²) in [7, 11) is 1.63. The van der Waals surface area contributed by atoms with E-state index in [9.17, 15) is 4.79 Å². The van der Waals surface area contributed by atoms with Gasteiger partial charge in [0.05, 0.1) is 7.11 Å². The van der Waals surface area contributed by atoms with Gasteiger partial charge in [-0.15, -0.1) is 0 Å². The molecule has 1 atom stereocenters. The molecule has 0 radical (unpaired) electrons. The molecule has 0 fully saturated rings. The molecule has 0 bridgehead atoms. The lowest BCUT2D eigenvalue weighted by Gasteiger charge is -2.29. The minimum absolute atomic E-state index is 0.157. The number of carbonyl (C=O) groups is 1. The average Bonchev–Trinajstić information content (AvgIpc) is 3.29. The Labute approximate surface area is 185 Å². The first-order valence-corrected chi connectivity index (χ1v) is 10.3. The Bertz CT molecular complexity index is 1180. The van der Waals surface area contributed by atoms with Gasteiger partial charge < -0.3 is 23.7 Å². The van der Waals surface area contributed by atoms with Crippen LogP contribution in [0.3, 0.4) is 0 Å². The van der Waals surface area contributed by atoms with Crippen molar-refractivity contribution in [3.63, 3.8) is 0 Å². The highest BCUT2D eigenvalue weighted by atomic mass is 16.7. The van der Waals surface area contributed by atoms with E-state index in [0.717, 1.165) is 28.0 Å². The summed E-state index contributed by atoms with van der Waals surface area (Å²) in [6.45, 7) is 2.21. The van der Waals surface area contributed by atoms with Gasteiger partial charge in [0.15, 0.2) is 11.5 Å². The van der Waals surface area contributed by atoms with Gasteiger partial charge >= 0.3 is 5.97 Å². The zero-order valence-electron chi connectivity index (χ0n) is 17.8. The Balaban J connectivity index is 1.52. The third-order valence-corrected chi connectivity index (χ3v) is 5.67. The number of ether oxygens (including phenoxy) is 5. The number of methoxy groups -OCH3 is 1. The van der Waals surface area contributed by atoms with E-state index in [1.54, 1.807) is 13.2 Å². The molecule has 6 nitrogen and oxygen atoms in total. The number of rotatable bonds is 5. The van der Waals surface area contributed by atoms with Crippen molar-refractivity contribution in [1.29, 1.82) is 0 Å². The fourth-order valence-corrected chi connectivity index (χ4v) is 4.03. The molecule has 3 aromatic carbocycles.